The first kappa shape index (κ1) is 10.7. The summed E-state index contributed by atoms with van der Waals surface area (Å²) in [7, 11) is 2.02. The van der Waals surface area contributed by atoms with E-state index in [0.29, 0.717) is 6.04 Å². The van der Waals surface area contributed by atoms with E-state index in [9.17, 15) is 0 Å². The van der Waals surface area contributed by atoms with Crippen LogP contribution in [0.3, 0.4) is 0 Å². The molecule has 0 saturated heterocycles. The highest BCUT2D eigenvalue weighted by molar-refractivity contribution is 4.92. The van der Waals surface area contributed by atoms with Crippen molar-refractivity contribution < 1.29 is 0 Å². The summed E-state index contributed by atoms with van der Waals surface area (Å²) < 4.78 is 0. The van der Waals surface area contributed by atoms with E-state index in [1.807, 2.05) is 7.05 Å². The van der Waals surface area contributed by atoms with E-state index in [-0.39, 0.29) is 0 Å². The Labute approximate surface area is 70.9 Å². The van der Waals surface area contributed by atoms with Crippen LogP contribution < -0.4 is 5.32 Å². The molecule has 0 aliphatic carbocycles. The number of hydrogen-bond acceptors (Lipinski definition) is 1. The molecule has 11 heavy (non-hydrogen) atoms. The van der Waals surface area contributed by atoms with Gasteiger partial charge in [0.05, 0.1) is 0 Å². The molecule has 0 rings (SSSR count). The molecule has 0 saturated carbocycles. The molecule has 0 aromatic carbocycles. The van der Waals surface area contributed by atoms with E-state index >= 15 is 0 Å². The Morgan fingerprint density at radius 3 is 2.27 bits per heavy atom. The van der Waals surface area contributed by atoms with Crippen LogP contribution in [0.1, 0.15) is 33.6 Å². The summed E-state index contributed by atoms with van der Waals surface area (Å²) in [6.45, 7) is 10.5. The fourth-order valence-electron chi connectivity index (χ4n) is 1.29. The number of rotatable bonds is 5. The van der Waals surface area contributed by atoms with Gasteiger partial charge in [-0.3, -0.25) is 0 Å². The molecule has 1 heteroatoms. The molecule has 1 atom stereocenters. The van der Waals surface area contributed by atoms with Gasteiger partial charge in [-0.05, 0) is 32.7 Å². The van der Waals surface area contributed by atoms with Gasteiger partial charge in [-0.15, -0.1) is 6.58 Å². The Morgan fingerprint density at radius 1 is 1.45 bits per heavy atom. The predicted molar refractivity (Wildman–Crippen MR) is 51.7 cm³/mol. The van der Waals surface area contributed by atoms with Gasteiger partial charge in [0.1, 0.15) is 0 Å². The van der Waals surface area contributed by atoms with E-state index in [1.54, 1.807) is 0 Å². The molecule has 0 spiro atoms. The summed E-state index contributed by atoms with van der Waals surface area (Å²) in [6.07, 6.45) is 2.35. The summed E-state index contributed by atoms with van der Waals surface area (Å²) in [5.74, 6) is 0.770. The van der Waals surface area contributed by atoms with Gasteiger partial charge >= 0.3 is 0 Å². The van der Waals surface area contributed by atoms with E-state index in [2.05, 4.69) is 32.7 Å². The maximum Gasteiger partial charge on any atom is 0.0103 e. The molecule has 0 aromatic heterocycles. The van der Waals surface area contributed by atoms with Crippen molar-refractivity contribution in [1.82, 2.24) is 5.32 Å². The molecule has 66 valence electrons. The first-order valence-electron chi connectivity index (χ1n) is 4.38. The Bertz CT molecular complexity index is 116. The Kier molecular flexibility index (Phi) is 5.22. The van der Waals surface area contributed by atoms with E-state index in [1.165, 1.54) is 12.0 Å². The van der Waals surface area contributed by atoms with Crippen LogP contribution in [0.15, 0.2) is 12.2 Å². The van der Waals surface area contributed by atoms with E-state index in [4.69, 9.17) is 0 Å². The zero-order valence-corrected chi connectivity index (χ0v) is 8.28. The standard InChI is InChI=1S/C10H21N/c1-8(2)6-10(11-5)7-9(3)4/h9-11H,1,6-7H2,2-5H3. The van der Waals surface area contributed by atoms with Gasteiger partial charge < -0.3 is 5.32 Å². The minimum absolute atomic E-state index is 0.618. The Hall–Kier alpha value is -0.300. The normalized spacial score (nSPS) is 13.5. The van der Waals surface area contributed by atoms with Gasteiger partial charge in [-0.1, -0.05) is 19.4 Å². The summed E-state index contributed by atoms with van der Waals surface area (Å²) in [4.78, 5) is 0. The summed E-state index contributed by atoms with van der Waals surface area (Å²) in [5.41, 5.74) is 1.27. The molecule has 0 heterocycles. The Morgan fingerprint density at radius 2 is 2.00 bits per heavy atom. The monoisotopic (exact) mass is 155 g/mol. The second kappa shape index (κ2) is 5.36. The number of hydrogen-bond donors (Lipinski definition) is 1. The Balaban J connectivity index is 3.66. The van der Waals surface area contributed by atoms with Crippen molar-refractivity contribution in [2.75, 3.05) is 7.05 Å². The molecule has 1 nitrogen and oxygen atoms in total. The van der Waals surface area contributed by atoms with Crippen molar-refractivity contribution in [3.63, 3.8) is 0 Å². The molecule has 0 fully saturated rings. The van der Waals surface area contributed by atoms with Gasteiger partial charge in [0.25, 0.3) is 0 Å². The lowest BCUT2D eigenvalue weighted by molar-refractivity contribution is 0.440. The quantitative estimate of drug-likeness (QED) is 0.602. The first-order valence-corrected chi connectivity index (χ1v) is 4.38. The highest BCUT2D eigenvalue weighted by Gasteiger charge is 2.07. The highest BCUT2D eigenvalue weighted by Crippen LogP contribution is 2.10. The third-order valence-electron chi connectivity index (χ3n) is 1.76. The maximum atomic E-state index is 3.91. The summed E-state index contributed by atoms with van der Waals surface area (Å²) >= 11 is 0. The lowest BCUT2D eigenvalue weighted by atomic mass is 9.99. The highest BCUT2D eigenvalue weighted by atomic mass is 14.9. The molecule has 0 aliphatic heterocycles. The van der Waals surface area contributed by atoms with E-state index < -0.39 is 0 Å². The summed E-state index contributed by atoms with van der Waals surface area (Å²) in [6, 6.07) is 0.618. The van der Waals surface area contributed by atoms with Crippen molar-refractivity contribution in [3.8, 4) is 0 Å². The minimum Gasteiger partial charge on any atom is -0.317 e. The molecular weight excluding hydrogens is 134 g/mol. The van der Waals surface area contributed by atoms with Crippen LogP contribution in [-0.4, -0.2) is 13.1 Å². The predicted octanol–water partition coefficient (Wildman–Crippen LogP) is 2.59. The molecule has 1 unspecified atom stereocenters. The van der Waals surface area contributed by atoms with Crippen LogP contribution >= 0.6 is 0 Å². The fourth-order valence-corrected chi connectivity index (χ4v) is 1.29. The average molecular weight is 155 g/mol. The van der Waals surface area contributed by atoms with Gasteiger partial charge in [0, 0.05) is 6.04 Å². The van der Waals surface area contributed by atoms with Gasteiger partial charge in [-0.2, -0.15) is 0 Å². The van der Waals surface area contributed by atoms with Crippen LogP contribution in [0.2, 0.25) is 0 Å². The zero-order valence-electron chi connectivity index (χ0n) is 8.28. The van der Waals surface area contributed by atoms with Crippen LogP contribution in [0, 0.1) is 5.92 Å². The molecule has 0 radical (unpaired) electrons. The van der Waals surface area contributed by atoms with Crippen LogP contribution in [0.4, 0.5) is 0 Å². The molecular formula is C10H21N. The first-order chi connectivity index (χ1) is 5.06. The molecule has 0 aliphatic rings. The lowest BCUT2D eigenvalue weighted by Gasteiger charge is -2.17. The van der Waals surface area contributed by atoms with Gasteiger partial charge in [-0.25, -0.2) is 0 Å². The van der Waals surface area contributed by atoms with Crippen molar-refractivity contribution in [3.05, 3.63) is 12.2 Å². The van der Waals surface area contributed by atoms with Gasteiger partial charge in [0.2, 0.25) is 0 Å². The summed E-state index contributed by atoms with van der Waals surface area (Å²) in [5, 5.41) is 3.30. The molecule has 0 aromatic rings. The number of nitrogens with one attached hydrogen (secondary N) is 1. The SMILES string of the molecule is C=C(C)CC(CC(C)C)NC. The molecule has 0 bridgehead atoms. The second-order valence-electron chi connectivity index (χ2n) is 3.78. The molecule has 0 amide bonds. The third kappa shape index (κ3) is 6.11. The zero-order chi connectivity index (χ0) is 8.85. The van der Waals surface area contributed by atoms with Crippen molar-refractivity contribution >= 4 is 0 Å². The third-order valence-corrected chi connectivity index (χ3v) is 1.76. The maximum absolute atomic E-state index is 3.91. The second-order valence-corrected chi connectivity index (χ2v) is 3.78. The van der Waals surface area contributed by atoms with Crippen molar-refractivity contribution in [2.24, 2.45) is 5.92 Å². The molecule has 1 N–H and O–H groups in total. The van der Waals surface area contributed by atoms with Crippen molar-refractivity contribution in [1.29, 1.82) is 0 Å². The van der Waals surface area contributed by atoms with Crippen LogP contribution in [0.25, 0.3) is 0 Å². The average Bonchev–Trinajstić information content (AvgIpc) is 1.84. The smallest absolute Gasteiger partial charge is 0.0103 e. The van der Waals surface area contributed by atoms with E-state index in [0.717, 1.165) is 12.3 Å². The van der Waals surface area contributed by atoms with Crippen molar-refractivity contribution in [2.45, 2.75) is 39.7 Å². The fraction of sp³-hybridized carbons (Fsp3) is 0.800. The van der Waals surface area contributed by atoms with Gasteiger partial charge in [0.15, 0.2) is 0 Å². The largest absolute Gasteiger partial charge is 0.317 e. The van der Waals surface area contributed by atoms with Crippen LogP contribution in [0.5, 0.6) is 0 Å². The topological polar surface area (TPSA) is 12.0 Å². The minimum atomic E-state index is 0.618. The van der Waals surface area contributed by atoms with Crippen LogP contribution in [-0.2, 0) is 0 Å². The lowest BCUT2D eigenvalue weighted by Crippen LogP contribution is -2.26.